The van der Waals surface area contributed by atoms with Crippen LogP contribution >= 0.6 is 0 Å². The van der Waals surface area contributed by atoms with Crippen molar-refractivity contribution in [1.82, 2.24) is 0 Å². The highest BCUT2D eigenvalue weighted by molar-refractivity contribution is 7.87. The number of alkyl halides is 9. The average Bonchev–Trinajstić information content (AvgIpc) is 3.22. The van der Waals surface area contributed by atoms with Gasteiger partial charge in [-0.3, -0.25) is 4.28 Å². The second kappa shape index (κ2) is 10.3. The molecule has 0 unspecified atom stereocenters. The summed E-state index contributed by atoms with van der Waals surface area (Å²) in [5, 5.41) is -4.01. The van der Waals surface area contributed by atoms with Gasteiger partial charge in [0.05, 0.1) is 0 Å². The van der Waals surface area contributed by atoms with E-state index in [0.29, 0.717) is 22.3 Å². The Labute approximate surface area is 240 Å². The second-order valence-corrected chi connectivity index (χ2v) is 12.1. The van der Waals surface area contributed by atoms with Gasteiger partial charge >= 0.3 is 33.4 Å². The van der Waals surface area contributed by atoms with E-state index in [1.807, 2.05) is 32.9 Å². The number of fused-ring (bicyclic) bond motifs is 3. The summed E-state index contributed by atoms with van der Waals surface area (Å²) in [6, 6.07) is 17.7. The zero-order valence-electron chi connectivity index (χ0n) is 22.3. The topological polar surface area (TPSA) is 55.7 Å². The van der Waals surface area contributed by atoms with Crippen molar-refractivity contribution in [2.75, 3.05) is 0 Å². The van der Waals surface area contributed by atoms with Gasteiger partial charge in [0.15, 0.2) is 0 Å². The summed E-state index contributed by atoms with van der Waals surface area (Å²) >= 11 is 0. The van der Waals surface area contributed by atoms with Crippen LogP contribution in [0.15, 0.2) is 71.9 Å². The fourth-order valence-corrected chi connectivity index (χ4v) is 4.78. The quantitative estimate of drug-likeness (QED) is 0.128. The van der Waals surface area contributed by atoms with E-state index in [1.165, 1.54) is 30.3 Å². The van der Waals surface area contributed by atoms with Crippen molar-refractivity contribution in [3.8, 4) is 23.0 Å². The minimum Gasteiger partial charge on any atom is -0.263 e. The molecule has 4 rings (SSSR count). The van der Waals surface area contributed by atoms with Gasteiger partial charge in [0.25, 0.3) is 0 Å². The van der Waals surface area contributed by atoms with Crippen LogP contribution in [0.1, 0.15) is 48.6 Å². The van der Waals surface area contributed by atoms with Gasteiger partial charge in [0.2, 0.25) is 0 Å². The van der Waals surface area contributed by atoms with Crippen molar-refractivity contribution in [3.63, 3.8) is 0 Å². The highest BCUT2D eigenvalue weighted by atomic mass is 32.2. The Bertz CT molecular complexity index is 1760. The van der Waals surface area contributed by atoms with Gasteiger partial charge < -0.3 is 0 Å². The summed E-state index contributed by atoms with van der Waals surface area (Å²) in [6.45, 7) is 6.11. The lowest BCUT2D eigenvalue weighted by molar-refractivity contribution is -0.382. The molecule has 0 saturated carbocycles. The maximum Gasteiger partial charge on any atom is 0.460 e. The molecule has 0 aromatic heterocycles. The molecule has 43 heavy (non-hydrogen) atoms. The van der Waals surface area contributed by atoms with Gasteiger partial charge in [-0.05, 0) is 46.4 Å². The van der Waals surface area contributed by atoms with E-state index in [2.05, 4.69) is 21.3 Å². The van der Waals surface area contributed by atoms with Gasteiger partial charge in [-0.2, -0.15) is 47.9 Å². The van der Waals surface area contributed by atoms with E-state index in [9.17, 15) is 47.9 Å². The molecular formula is C29H20F9NO3S. The molecule has 3 aromatic rings. The first-order valence-corrected chi connectivity index (χ1v) is 13.6. The molecule has 0 atom stereocenters. The van der Waals surface area contributed by atoms with E-state index in [-0.39, 0.29) is 16.5 Å². The van der Waals surface area contributed by atoms with Crippen molar-refractivity contribution in [2.45, 2.75) is 49.5 Å². The van der Waals surface area contributed by atoms with Crippen LogP contribution < -0.4 is 0 Å². The van der Waals surface area contributed by atoms with Gasteiger partial charge in [-0.25, -0.2) is 0 Å². The van der Waals surface area contributed by atoms with Crippen LogP contribution in [0.5, 0.6) is 0 Å². The molecule has 4 nitrogen and oxygen atoms in total. The third kappa shape index (κ3) is 5.46. The van der Waals surface area contributed by atoms with Crippen LogP contribution in [0.2, 0.25) is 0 Å². The molecule has 0 N–H and O–H groups in total. The monoisotopic (exact) mass is 633 g/mol. The molecule has 0 aliphatic heterocycles. The van der Waals surface area contributed by atoms with Crippen LogP contribution in [0.4, 0.5) is 39.5 Å². The first-order valence-electron chi connectivity index (χ1n) is 12.2. The smallest absolute Gasteiger partial charge is 0.263 e. The third-order valence-electron chi connectivity index (χ3n) is 6.51. The van der Waals surface area contributed by atoms with Gasteiger partial charge in [-0.1, -0.05) is 80.2 Å². The molecular weight excluding hydrogens is 613 g/mol. The number of rotatable bonds is 5. The lowest BCUT2D eigenvalue weighted by Crippen LogP contribution is -2.63. The maximum absolute atomic E-state index is 14.2. The molecule has 0 radical (unpaired) electrons. The lowest BCUT2D eigenvalue weighted by atomic mass is 9.87. The van der Waals surface area contributed by atoms with Crippen LogP contribution in [0.3, 0.4) is 0 Å². The zero-order valence-corrected chi connectivity index (χ0v) is 23.1. The Morgan fingerprint density at radius 1 is 0.651 bits per heavy atom. The number of nitrogens with zero attached hydrogens (tertiary/aromatic N) is 1. The summed E-state index contributed by atoms with van der Waals surface area (Å²) in [4.78, 5) is 0. The van der Waals surface area contributed by atoms with Crippen LogP contribution in [-0.2, 0) is 19.8 Å². The molecule has 0 saturated heterocycles. The van der Waals surface area contributed by atoms with Gasteiger partial charge in [-0.15, -0.1) is 0 Å². The van der Waals surface area contributed by atoms with E-state index in [1.54, 1.807) is 24.3 Å². The Kier molecular flexibility index (Phi) is 7.67. The molecule has 228 valence electrons. The number of hydrogen-bond donors (Lipinski definition) is 0. The Morgan fingerprint density at radius 3 is 1.72 bits per heavy atom. The lowest BCUT2D eigenvalue weighted by Gasteiger charge is -2.31. The molecule has 0 bridgehead atoms. The maximum atomic E-state index is 14.2. The first kappa shape index (κ1) is 31.9. The molecule has 14 heteroatoms. The summed E-state index contributed by atoms with van der Waals surface area (Å²) in [5.74, 6) is -9.08. The summed E-state index contributed by atoms with van der Waals surface area (Å²) in [7, 11) is -7.20. The summed E-state index contributed by atoms with van der Waals surface area (Å²) in [6.07, 6.45) is -7.21. The van der Waals surface area contributed by atoms with Crippen molar-refractivity contribution in [3.05, 3.63) is 94.5 Å². The molecule has 0 fully saturated rings. The SMILES string of the molecule is CC(C)(C)c1ccc(C#Cc2ccc3c(c2)/C(=N\OS(=O)(=O)C(F)(F)C(F)(F)C(F)(F)C(F)(F)F)c2ccccc2-3)cc1. The summed E-state index contributed by atoms with van der Waals surface area (Å²) < 4.78 is 147. The standard InChI is InChI=1S/C29H20F9NO3S/c1-25(2,3)19-13-10-17(11-14-19)8-9-18-12-15-21-20-6-4-5-7-22(20)24(23(21)16-18)39-42-43(40,41)29(37,38)27(32,33)26(30,31)28(34,35)36/h4-7,10-16H,1-3H3/b39-24-. The molecule has 1 aliphatic carbocycles. The van der Waals surface area contributed by atoms with Crippen LogP contribution in [-0.4, -0.2) is 37.4 Å². The first-order chi connectivity index (χ1) is 19.6. The number of hydrogen-bond acceptors (Lipinski definition) is 4. The Morgan fingerprint density at radius 2 is 1.16 bits per heavy atom. The van der Waals surface area contributed by atoms with Crippen LogP contribution in [0.25, 0.3) is 11.1 Å². The van der Waals surface area contributed by atoms with E-state index in [0.717, 1.165) is 5.56 Å². The molecule has 1 aliphatic rings. The highest BCUT2D eigenvalue weighted by Gasteiger charge is 2.86. The Hall–Kier alpha value is -3.99. The molecule has 0 heterocycles. The highest BCUT2D eigenvalue weighted by Crippen LogP contribution is 2.55. The minimum absolute atomic E-state index is 0.0435. The predicted molar refractivity (Wildman–Crippen MR) is 140 cm³/mol. The van der Waals surface area contributed by atoms with E-state index < -0.39 is 39.1 Å². The van der Waals surface area contributed by atoms with Crippen molar-refractivity contribution in [2.24, 2.45) is 5.16 Å². The molecule has 0 amide bonds. The van der Waals surface area contributed by atoms with E-state index >= 15 is 0 Å². The fourth-order valence-electron chi connectivity index (χ4n) is 4.07. The fraction of sp³-hybridized carbons (Fsp3) is 0.276. The van der Waals surface area contributed by atoms with Crippen molar-refractivity contribution in [1.29, 1.82) is 0 Å². The number of halogens is 9. The van der Waals surface area contributed by atoms with Gasteiger partial charge in [0.1, 0.15) is 5.71 Å². The number of oxime groups is 1. The Balaban J connectivity index is 1.72. The average molecular weight is 634 g/mol. The predicted octanol–water partition coefficient (Wildman–Crippen LogP) is 7.89. The normalized spacial score (nSPS) is 15.0. The largest absolute Gasteiger partial charge is 0.460 e. The van der Waals surface area contributed by atoms with E-state index in [4.69, 9.17) is 0 Å². The second-order valence-electron chi connectivity index (χ2n) is 10.5. The third-order valence-corrected chi connectivity index (χ3v) is 7.66. The van der Waals surface area contributed by atoms with Crippen LogP contribution in [0, 0.1) is 11.8 Å². The molecule has 3 aromatic carbocycles. The van der Waals surface area contributed by atoms with Crippen molar-refractivity contribution < 1.29 is 52.2 Å². The zero-order chi connectivity index (χ0) is 32.2. The minimum atomic E-state index is -7.45. The van der Waals surface area contributed by atoms with Crippen molar-refractivity contribution >= 4 is 15.8 Å². The molecule has 0 spiro atoms. The number of benzene rings is 3. The van der Waals surface area contributed by atoms with Gasteiger partial charge in [0, 0.05) is 22.3 Å². The summed E-state index contributed by atoms with van der Waals surface area (Å²) in [5.41, 5.74) is 2.32.